The van der Waals surface area contributed by atoms with E-state index in [1.54, 1.807) is 11.0 Å². The van der Waals surface area contributed by atoms with Crippen LogP contribution in [0.5, 0.6) is 0 Å². The zero-order valence-electron chi connectivity index (χ0n) is 15.4. The summed E-state index contributed by atoms with van der Waals surface area (Å²) < 4.78 is 15.3. The van der Waals surface area contributed by atoms with E-state index in [-0.39, 0.29) is 23.0 Å². The minimum absolute atomic E-state index is 0.0113. The van der Waals surface area contributed by atoms with Gasteiger partial charge in [0, 0.05) is 25.6 Å². The van der Waals surface area contributed by atoms with E-state index in [1.807, 2.05) is 45.4 Å². The van der Waals surface area contributed by atoms with Crippen LogP contribution in [0.2, 0.25) is 0 Å². The number of rotatable bonds is 6. The number of carbonyl (C=O) groups excluding carboxylic acids is 1. The molecule has 0 spiro atoms. The smallest absolute Gasteiger partial charge is 0.233 e. The van der Waals surface area contributed by atoms with Gasteiger partial charge in [0.15, 0.2) is 5.16 Å². The van der Waals surface area contributed by atoms with E-state index >= 15 is 0 Å². The van der Waals surface area contributed by atoms with Gasteiger partial charge in [-0.3, -0.25) is 4.79 Å². The number of benzene rings is 1. The molecule has 0 fully saturated rings. The van der Waals surface area contributed by atoms with Gasteiger partial charge in [0.25, 0.3) is 0 Å². The van der Waals surface area contributed by atoms with Gasteiger partial charge >= 0.3 is 0 Å². The summed E-state index contributed by atoms with van der Waals surface area (Å²) in [6.45, 7) is 8.33. The van der Waals surface area contributed by atoms with Crippen molar-refractivity contribution in [2.75, 3.05) is 5.75 Å². The topological polar surface area (TPSA) is 51.0 Å². The number of amides is 1. The fourth-order valence-electron chi connectivity index (χ4n) is 2.50. The van der Waals surface area contributed by atoms with Crippen LogP contribution in [0.3, 0.4) is 0 Å². The molecule has 0 aliphatic rings. The van der Waals surface area contributed by atoms with Crippen LogP contribution in [0.1, 0.15) is 39.1 Å². The molecule has 1 amide bonds. The summed E-state index contributed by atoms with van der Waals surface area (Å²) in [7, 11) is 1.90. The molecule has 5 nitrogen and oxygen atoms in total. The highest BCUT2D eigenvalue weighted by Crippen LogP contribution is 2.22. The second kappa shape index (κ2) is 7.99. The molecule has 2 rings (SSSR count). The van der Waals surface area contributed by atoms with Crippen LogP contribution >= 0.6 is 11.8 Å². The second-order valence-corrected chi connectivity index (χ2v) is 7.82. The van der Waals surface area contributed by atoms with Crippen molar-refractivity contribution >= 4 is 17.7 Å². The normalized spacial score (nSPS) is 11.6. The molecule has 0 aliphatic heterocycles. The fourth-order valence-corrected chi connectivity index (χ4v) is 3.31. The molecule has 1 aromatic carbocycles. The van der Waals surface area contributed by atoms with Gasteiger partial charge in [-0.05, 0) is 38.5 Å². The predicted octanol–water partition coefficient (Wildman–Crippen LogP) is 3.44. The average Bonchev–Trinajstić information content (AvgIpc) is 2.89. The first-order valence-corrected chi connectivity index (χ1v) is 9.27. The van der Waals surface area contributed by atoms with Crippen molar-refractivity contribution in [1.82, 2.24) is 19.7 Å². The number of thioether (sulfide) groups is 1. The largest absolute Gasteiger partial charge is 0.333 e. The van der Waals surface area contributed by atoms with Crippen LogP contribution < -0.4 is 0 Å². The van der Waals surface area contributed by atoms with Crippen LogP contribution in [0.25, 0.3) is 0 Å². The van der Waals surface area contributed by atoms with Gasteiger partial charge in [-0.15, -0.1) is 10.2 Å². The van der Waals surface area contributed by atoms with E-state index in [9.17, 15) is 9.18 Å². The molecule has 0 saturated heterocycles. The first-order valence-electron chi connectivity index (χ1n) is 8.28. The summed E-state index contributed by atoms with van der Waals surface area (Å²) in [4.78, 5) is 14.6. The van der Waals surface area contributed by atoms with Crippen LogP contribution in [-0.2, 0) is 24.8 Å². The molecule has 0 aliphatic carbocycles. The Balaban J connectivity index is 2.09. The molecule has 1 aromatic heterocycles. The number of halogens is 1. The molecular weight excluding hydrogens is 339 g/mol. The first kappa shape index (κ1) is 19.4. The highest BCUT2D eigenvalue weighted by molar-refractivity contribution is 7.99. The summed E-state index contributed by atoms with van der Waals surface area (Å²) >= 11 is 1.37. The average molecular weight is 364 g/mol. The number of nitrogens with zero attached hydrogens (tertiary/aromatic N) is 4. The van der Waals surface area contributed by atoms with Crippen molar-refractivity contribution in [3.05, 3.63) is 41.5 Å². The molecule has 0 radical (unpaired) electrons. The Hall–Kier alpha value is -1.89. The lowest BCUT2D eigenvalue weighted by Gasteiger charge is -2.36. The third-order valence-electron chi connectivity index (χ3n) is 3.91. The van der Waals surface area contributed by atoms with Gasteiger partial charge in [0.1, 0.15) is 11.6 Å². The molecule has 2 aromatic rings. The Bertz CT molecular complexity index is 739. The van der Waals surface area contributed by atoms with E-state index in [2.05, 4.69) is 10.2 Å². The maximum absolute atomic E-state index is 13.4. The molecule has 7 heteroatoms. The summed E-state index contributed by atoms with van der Waals surface area (Å²) in [6.07, 6.45) is 0.797. The number of hydrogen-bond acceptors (Lipinski definition) is 4. The quantitative estimate of drug-likeness (QED) is 0.737. The maximum Gasteiger partial charge on any atom is 0.233 e. The lowest BCUT2D eigenvalue weighted by molar-refractivity contribution is -0.133. The molecule has 0 unspecified atom stereocenters. The molecular formula is C18H25FN4OS. The minimum Gasteiger partial charge on any atom is -0.333 e. The molecule has 0 N–H and O–H groups in total. The third kappa shape index (κ3) is 5.04. The number of aromatic nitrogens is 3. The summed E-state index contributed by atoms with van der Waals surface area (Å²) in [5.74, 6) is 0.854. The second-order valence-electron chi connectivity index (χ2n) is 6.88. The SMILES string of the molecule is CCc1nnc(SCC(=O)N(Cc2cccc(F)c2)C(C)(C)C)n1C. The summed E-state index contributed by atoms with van der Waals surface area (Å²) in [6, 6.07) is 6.37. The van der Waals surface area contributed by atoms with Crippen molar-refractivity contribution in [3.63, 3.8) is 0 Å². The maximum atomic E-state index is 13.4. The molecule has 0 bridgehead atoms. The number of hydrogen-bond donors (Lipinski definition) is 0. The Morgan fingerprint density at radius 2 is 2.04 bits per heavy atom. The summed E-state index contributed by atoms with van der Waals surface area (Å²) in [5, 5.41) is 8.97. The van der Waals surface area contributed by atoms with Gasteiger partial charge in [0.2, 0.25) is 5.91 Å². The molecule has 1 heterocycles. The van der Waals surface area contributed by atoms with Gasteiger partial charge in [0.05, 0.1) is 5.75 Å². The van der Waals surface area contributed by atoms with E-state index in [1.165, 1.54) is 23.9 Å². The Kier molecular flexibility index (Phi) is 6.21. The van der Waals surface area contributed by atoms with Gasteiger partial charge in [-0.25, -0.2) is 4.39 Å². The van der Waals surface area contributed by atoms with Crippen molar-refractivity contribution in [3.8, 4) is 0 Å². The fraction of sp³-hybridized carbons (Fsp3) is 0.500. The standard InChI is InChI=1S/C18H25FN4OS/c1-6-15-20-21-17(22(15)5)25-12-16(24)23(18(2,3)4)11-13-8-7-9-14(19)10-13/h7-10H,6,11-12H2,1-5H3. The van der Waals surface area contributed by atoms with Crippen LogP contribution in [0.4, 0.5) is 4.39 Å². The van der Waals surface area contributed by atoms with Crippen molar-refractivity contribution in [2.45, 2.75) is 51.4 Å². The van der Waals surface area contributed by atoms with Crippen LogP contribution in [-0.4, -0.2) is 36.9 Å². The number of aryl methyl sites for hydroxylation is 1. The lowest BCUT2D eigenvalue weighted by atomic mass is 10.0. The Labute approximate surface area is 152 Å². The molecule has 25 heavy (non-hydrogen) atoms. The zero-order valence-corrected chi connectivity index (χ0v) is 16.2. The van der Waals surface area contributed by atoms with Crippen molar-refractivity contribution < 1.29 is 9.18 Å². The van der Waals surface area contributed by atoms with E-state index in [0.717, 1.165) is 23.0 Å². The van der Waals surface area contributed by atoms with Crippen LogP contribution in [0, 0.1) is 5.82 Å². The van der Waals surface area contributed by atoms with E-state index in [0.29, 0.717) is 6.54 Å². The monoisotopic (exact) mass is 364 g/mol. The van der Waals surface area contributed by atoms with Gasteiger partial charge in [-0.1, -0.05) is 30.8 Å². The van der Waals surface area contributed by atoms with Crippen molar-refractivity contribution in [1.29, 1.82) is 0 Å². The Morgan fingerprint density at radius 1 is 1.32 bits per heavy atom. The van der Waals surface area contributed by atoms with Crippen molar-refractivity contribution in [2.24, 2.45) is 7.05 Å². The van der Waals surface area contributed by atoms with E-state index < -0.39 is 0 Å². The number of carbonyl (C=O) groups is 1. The predicted molar refractivity (Wildman–Crippen MR) is 97.8 cm³/mol. The van der Waals surface area contributed by atoms with Gasteiger partial charge in [-0.2, -0.15) is 0 Å². The van der Waals surface area contributed by atoms with E-state index in [4.69, 9.17) is 0 Å². The highest BCUT2D eigenvalue weighted by atomic mass is 32.2. The van der Waals surface area contributed by atoms with Gasteiger partial charge < -0.3 is 9.47 Å². The summed E-state index contributed by atoms with van der Waals surface area (Å²) in [5.41, 5.74) is 0.415. The molecule has 0 saturated carbocycles. The molecule has 136 valence electrons. The first-order chi connectivity index (χ1) is 11.7. The minimum atomic E-state index is -0.363. The lowest BCUT2D eigenvalue weighted by Crippen LogP contribution is -2.46. The zero-order chi connectivity index (χ0) is 18.6. The van der Waals surface area contributed by atoms with Crippen LogP contribution in [0.15, 0.2) is 29.4 Å². The Morgan fingerprint density at radius 3 is 2.60 bits per heavy atom. The third-order valence-corrected chi connectivity index (χ3v) is 4.91. The highest BCUT2D eigenvalue weighted by Gasteiger charge is 2.27. The molecule has 0 atom stereocenters.